The second kappa shape index (κ2) is 5.38. The molecule has 2 rings (SSSR count). The number of nitrogen functional groups attached to an aromatic ring is 1. The van der Waals surface area contributed by atoms with Gasteiger partial charge in [0.25, 0.3) is 0 Å². The molecule has 0 aliphatic carbocycles. The summed E-state index contributed by atoms with van der Waals surface area (Å²) in [5.74, 6) is 5.33. The van der Waals surface area contributed by atoms with Crippen LogP contribution in [0.4, 0.5) is 11.5 Å². The highest BCUT2D eigenvalue weighted by atomic mass is 35.5. The first kappa shape index (κ1) is 12.9. The maximum atomic E-state index is 10.6. The molecular formula is C13H8ClN3O2. The number of pyridine rings is 1. The summed E-state index contributed by atoms with van der Waals surface area (Å²) in [5.41, 5.74) is 7.02. The third-order valence-corrected chi connectivity index (χ3v) is 2.51. The van der Waals surface area contributed by atoms with Gasteiger partial charge in [0, 0.05) is 10.6 Å². The van der Waals surface area contributed by atoms with E-state index in [1.54, 1.807) is 24.3 Å². The number of rotatable bonds is 1. The minimum absolute atomic E-state index is 0.287. The molecular weight excluding hydrogens is 266 g/mol. The van der Waals surface area contributed by atoms with E-state index in [4.69, 9.17) is 17.3 Å². The molecule has 0 saturated carbocycles. The maximum Gasteiger partial charge on any atom is 0.364 e. The first-order valence-corrected chi connectivity index (χ1v) is 5.61. The second-order valence-electron chi connectivity index (χ2n) is 3.65. The predicted octanol–water partition coefficient (Wildman–Crippen LogP) is 2.63. The molecule has 0 aliphatic heterocycles. The van der Waals surface area contributed by atoms with Gasteiger partial charge in [-0.15, -0.1) is 0 Å². The van der Waals surface area contributed by atoms with Crippen molar-refractivity contribution in [1.29, 1.82) is 0 Å². The van der Waals surface area contributed by atoms with E-state index < -0.39 is 4.92 Å². The van der Waals surface area contributed by atoms with Gasteiger partial charge in [-0.25, -0.2) is 0 Å². The van der Waals surface area contributed by atoms with Crippen molar-refractivity contribution in [1.82, 2.24) is 4.98 Å². The lowest BCUT2D eigenvalue weighted by Crippen LogP contribution is -1.97. The smallest absolute Gasteiger partial charge is 0.364 e. The summed E-state index contributed by atoms with van der Waals surface area (Å²) in [4.78, 5) is 13.6. The van der Waals surface area contributed by atoms with Crippen molar-refractivity contribution < 1.29 is 4.92 Å². The van der Waals surface area contributed by atoms with E-state index in [2.05, 4.69) is 16.8 Å². The van der Waals surface area contributed by atoms with Gasteiger partial charge in [0.05, 0.1) is 17.3 Å². The van der Waals surface area contributed by atoms with Crippen molar-refractivity contribution in [3.05, 3.63) is 62.8 Å². The fourth-order valence-corrected chi connectivity index (χ4v) is 1.56. The fourth-order valence-electron chi connectivity index (χ4n) is 1.37. The summed E-state index contributed by atoms with van der Waals surface area (Å²) < 4.78 is 0. The molecule has 19 heavy (non-hydrogen) atoms. The van der Waals surface area contributed by atoms with E-state index in [1.807, 2.05) is 0 Å². The number of nitrogens with zero attached hydrogens (tertiary/aromatic N) is 2. The molecule has 2 N–H and O–H groups in total. The van der Waals surface area contributed by atoms with Crippen LogP contribution in [0.15, 0.2) is 36.5 Å². The van der Waals surface area contributed by atoms with Gasteiger partial charge in [-0.2, -0.15) is 0 Å². The molecule has 94 valence electrons. The van der Waals surface area contributed by atoms with Crippen LogP contribution in [-0.4, -0.2) is 9.91 Å². The lowest BCUT2D eigenvalue weighted by molar-refractivity contribution is -0.389. The van der Waals surface area contributed by atoms with Crippen molar-refractivity contribution in [3.8, 4) is 11.8 Å². The van der Waals surface area contributed by atoms with Crippen LogP contribution in [0.3, 0.4) is 0 Å². The lowest BCUT2D eigenvalue weighted by Gasteiger charge is -1.96. The van der Waals surface area contributed by atoms with Gasteiger partial charge in [-0.3, -0.25) is 0 Å². The Morgan fingerprint density at radius 1 is 1.32 bits per heavy atom. The van der Waals surface area contributed by atoms with Crippen LogP contribution in [0.2, 0.25) is 5.02 Å². The molecule has 0 amide bonds. The van der Waals surface area contributed by atoms with Gasteiger partial charge in [-0.1, -0.05) is 29.5 Å². The van der Waals surface area contributed by atoms with Gasteiger partial charge >= 0.3 is 5.82 Å². The largest absolute Gasteiger partial charge is 0.395 e. The number of aromatic nitrogens is 1. The third kappa shape index (κ3) is 3.21. The molecule has 1 aromatic heterocycles. The Bertz CT molecular complexity index is 705. The molecule has 0 atom stereocenters. The zero-order valence-electron chi connectivity index (χ0n) is 9.63. The third-order valence-electron chi connectivity index (χ3n) is 2.27. The summed E-state index contributed by atoms with van der Waals surface area (Å²) >= 11 is 5.83. The first-order valence-electron chi connectivity index (χ1n) is 5.24. The fraction of sp³-hybridized carbons (Fsp3) is 0. The van der Waals surface area contributed by atoms with Gasteiger partial charge in [0.2, 0.25) is 0 Å². The maximum absolute atomic E-state index is 10.6. The van der Waals surface area contributed by atoms with Crippen LogP contribution in [0.25, 0.3) is 0 Å². The van der Waals surface area contributed by atoms with Crippen molar-refractivity contribution in [2.24, 2.45) is 0 Å². The Balaban J connectivity index is 2.39. The molecule has 0 bridgehead atoms. The van der Waals surface area contributed by atoms with Crippen molar-refractivity contribution in [3.63, 3.8) is 0 Å². The standard InChI is InChI=1S/C13H8ClN3O2/c14-11-3-1-2-9(6-11)4-5-10-7-13(17(18)19)16-8-12(10)15/h1-3,6-8H,15H2. The molecule has 6 heteroatoms. The van der Waals surface area contributed by atoms with E-state index in [-0.39, 0.29) is 5.82 Å². The molecule has 0 spiro atoms. The molecule has 2 aromatic rings. The van der Waals surface area contributed by atoms with Crippen LogP contribution in [0, 0.1) is 22.0 Å². The lowest BCUT2D eigenvalue weighted by atomic mass is 10.2. The normalized spacial score (nSPS) is 9.53. The van der Waals surface area contributed by atoms with Crippen molar-refractivity contribution >= 4 is 23.1 Å². The highest BCUT2D eigenvalue weighted by Crippen LogP contribution is 2.16. The number of benzene rings is 1. The quantitative estimate of drug-likeness (QED) is 0.492. The number of anilines is 1. The van der Waals surface area contributed by atoms with Crippen LogP contribution in [0.5, 0.6) is 0 Å². The highest BCUT2D eigenvalue weighted by Gasteiger charge is 2.09. The molecule has 1 aromatic carbocycles. The van der Waals surface area contributed by atoms with E-state index in [0.29, 0.717) is 21.8 Å². The number of nitrogens with two attached hydrogens (primary N) is 1. The van der Waals surface area contributed by atoms with E-state index in [0.717, 1.165) is 0 Å². The van der Waals surface area contributed by atoms with Gasteiger partial charge < -0.3 is 15.8 Å². The van der Waals surface area contributed by atoms with E-state index >= 15 is 0 Å². The molecule has 5 nitrogen and oxygen atoms in total. The van der Waals surface area contributed by atoms with Crippen LogP contribution < -0.4 is 5.73 Å². The Hall–Kier alpha value is -2.58. The number of hydrogen-bond acceptors (Lipinski definition) is 4. The first-order chi connectivity index (χ1) is 9.06. The predicted molar refractivity (Wildman–Crippen MR) is 72.7 cm³/mol. The van der Waals surface area contributed by atoms with Crippen molar-refractivity contribution in [2.45, 2.75) is 0 Å². The zero-order valence-corrected chi connectivity index (χ0v) is 10.4. The summed E-state index contributed by atoms with van der Waals surface area (Å²) in [6.07, 6.45) is 1.22. The average molecular weight is 274 g/mol. The molecule has 0 saturated heterocycles. The van der Waals surface area contributed by atoms with Gasteiger partial charge in [-0.05, 0) is 28.1 Å². The Morgan fingerprint density at radius 3 is 2.79 bits per heavy atom. The Labute approximate surface area is 114 Å². The van der Waals surface area contributed by atoms with Crippen LogP contribution in [0.1, 0.15) is 11.1 Å². The molecule has 1 heterocycles. The molecule has 0 radical (unpaired) electrons. The molecule has 0 aliphatic rings. The summed E-state index contributed by atoms with van der Waals surface area (Å²) in [5, 5.41) is 11.2. The van der Waals surface area contributed by atoms with Gasteiger partial charge in [0.15, 0.2) is 6.20 Å². The van der Waals surface area contributed by atoms with Crippen molar-refractivity contribution in [2.75, 3.05) is 5.73 Å². The SMILES string of the molecule is Nc1cnc([N+](=O)[O-])cc1C#Cc1cccc(Cl)c1. The van der Waals surface area contributed by atoms with Crippen LogP contribution >= 0.6 is 11.6 Å². The number of nitro groups is 1. The molecule has 0 unspecified atom stereocenters. The zero-order chi connectivity index (χ0) is 13.8. The van der Waals surface area contributed by atoms with Gasteiger partial charge in [0.1, 0.15) is 0 Å². The Kier molecular flexibility index (Phi) is 3.64. The van der Waals surface area contributed by atoms with Crippen LogP contribution in [-0.2, 0) is 0 Å². The average Bonchev–Trinajstić information content (AvgIpc) is 2.37. The molecule has 0 fully saturated rings. The second-order valence-corrected chi connectivity index (χ2v) is 4.08. The summed E-state index contributed by atoms with van der Waals surface area (Å²) in [7, 11) is 0. The minimum atomic E-state index is -0.593. The monoisotopic (exact) mass is 273 g/mol. The minimum Gasteiger partial charge on any atom is -0.395 e. The topological polar surface area (TPSA) is 82.0 Å². The highest BCUT2D eigenvalue weighted by molar-refractivity contribution is 6.30. The van der Waals surface area contributed by atoms with E-state index in [9.17, 15) is 10.1 Å². The van der Waals surface area contributed by atoms with E-state index in [1.165, 1.54) is 12.3 Å². The number of halogens is 1. The Morgan fingerprint density at radius 2 is 2.11 bits per heavy atom. The summed E-state index contributed by atoms with van der Waals surface area (Å²) in [6.45, 7) is 0. The summed E-state index contributed by atoms with van der Waals surface area (Å²) in [6, 6.07) is 8.22. The number of hydrogen-bond donors (Lipinski definition) is 1.